The Labute approximate surface area is 84.9 Å². The first-order valence-corrected chi connectivity index (χ1v) is 4.39. The van der Waals surface area contributed by atoms with Crippen molar-refractivity contribution in [2.24, 2.45) is 0 Å². The number of rotatable bonds is 1. The number of benzene rings is 1. The molecular formula is C9H7ClFN3. The number of hydrogen-bond donors (Lipinski definition) is 1. The standard InChI is InChI=1S/C9H7ClFN3/c1-12-8-5-3-2-4-6(11)7(5)13-9(10)14-8/h2-4H,1H3,(H,12,13,14). The van der Waals surface area contributed by atoms with Crippen LogP contribution in [0.4, 0.5) is 10.2 Å². The Morgan fingerprint density at radius 1 is 1.36 bits per heavy atom. The molecule has 2 aromatic rings. The van der Waals surface area contributed by atoms with Gasteiger partial charge in [0, 0.05) is 12.4 Å². The van der Waals surface area contributed by atoms with Crippen LogP contribution >= 0.6 is 11.6 Å². The van der Waals surface area contributed by atoms with Gasteiger partial charge in [0.15, 0.2) is 0 Å². The third-order valence-corrected chi connectivity index (χ3v) is 2.06. The van der Waals surface area contributed by atoms with Gasteiger partial charge >= 0.3 is 0 Å². The van der Waals surface area contributed by atoms with Gasteiger partial charge in [-0.3, -0.25) is 0 Å². The van der Waals surface area contributed by atoms with Crippen LogP contribution in [0.15, 0.2) is 18.2 Å². The normalized spacial score (nSPS) is 10.5. The van der Waals surface area contributed by atoms with Crippen LogP contribution in [0.25, 0.3) is 10.9 Å². The molecule has 0 saturated heterocycles. The summed E-state index contributed by atoms with van der Waals surface area (Å²) in [6.07, 6.45) is 0. The summed E-state index contributed by atoms with van der Waals surface area (Å²) in [4.78, 5) is 7.76. The number of aromatic nitrogens is 2. The SMILES string of the molecule is CNc1nc(Cl)nc2c(F)cccc12. The number of para-hydroxylation sites is 1. The Hall–Kier alpha value is -1.42. The molecular weight excluding hydrogens is 205 g/mol. The average molecular weight is 212 g/mol. The zero-order valence-electron chi connectivity index (χ0n) is 7.38. The lowest BCUT2D eigenvalue weighted by Crippen LogP contribution is -1.97. The van der Waals surface area contributed by atoms with E-state index in [1.165, 1.54) is 6.07 Å². The number of hydrogen-bond acceptors (Lipinski definition) is 3. The van der Waals surface area contributed by atoms with Crippen molar-refractivity contribution in [2.45, 2.75) is 0 Å². The second kappa shape index (κ2) is 3.38. The predicted molar refractivity (Wildman–Crippen MR) is 54.1 cm³/mol. The van der Waals surface area contributed by atoms with Crippen molar-refractivity contribution in [3.8, 4) is 0 Å². The number of nitrogens with one attached hydrogen (secondary N) is 1. The maximum atomic E-state index is 13.3. The van der Waals surface area contributed by atoms with Crippen molar-refractivity contribution in [1.82, 2.24) is 9.97 Å². The van der Waals surface area contributed by atoms with E-state index in [2.05, 4.69) is 15.3 Å². The summed E-state index contributed by atoms with van der Waals surface area (Å²) >= 11 is 5.65. The van der Waals surface area contributed by atoms with Gasteiger partial charge in [-0.2, -0.15) is 0 Å². The monoisotopic (exact) mass is 211 g/mol. The van der Waals surface area contributed by atoms with Gasteiger partial charge in [0.1, 0.15) is 17.2 Å². The molecule has 1 N–H and O–H groups in total. The van der Waals surface area contributed by atoms with Crippen LogP contribution in [0, 0.1) is 5.82 Å². The van der Waals surface area contributed by atoms with Crippen molar-refractivity contribution in [3.05, 3.63) is 29.3 Å². The zero-order chi connectivity index (χ0) is 10.1. The van der Waals surface area contributed by atoms with Crippen LogP contribution in [0.1, 0.15) is 0 Å². The molecule has 0 unspecified atom stereocenters. The first-order chi connectivity index (χ1) is 6.72. The highest BCUT2D eigenvalue weighted by atomic mass is 35.5. The molecule has 0 aliphatic carbocycles. The quantitative estimate of drug-likeness (QED) is 0.737. The lowest BCUT2D eigenvalue weighted by atomic mass is 10.2. The molecule has 0 aliphatic heterocycles. The molecule has 0 spiro atoms. The summed E-state index contributed by atoms with van der Waals surface area (Å²) in [5.41, 5.74) is 0.233. The summed E-state index contributed by atoms with van der Waals surface area (Å²) in [6.45, 7) is 0. The molecule has 1 aromatic carbocycles. The molecule has 3 nitrogen and oxygen atoms in total. The van der Waals surface area contributed by atoms with Crippen molar-refractivity contribution in [2.75, 3.05) is 12.4 Å². The predicted octanol–water partition coefficient (Wildman–Crippen LogP) is 2.46. The Balaban J connectivity index is 2.87. The van der Waals surface area contributed by atoms with Crippen molar-refractivity contribution in [3.63, 3.8) is 0 Å². The highest BCUT2D eigenvalue weighted by Crippen LogP contribution is 2.23. The number of anilines is 1. The molecule has 0 bridgehead atoms. The minimum Gasteiger partial charge on any atom is -0.372 e. The van der Waals surface area contributed by atoms with E-state index in [4.69, 9.17) is 11.6 Å². The van der Waals surface area contributed by atoms with E-state index in [0.29, 0.717) is 11.2 Å². The lowest BCUT2D eigenvalue weighted by molar-refractivity contribution is 0.636. The molecule has 14 heavy (non-hydrogen) atoms. The Morgan fingerprint density at radius 2 is 2.14 bits per heavy atom. The molecule has 0 aliphatic rings. The molecule has 0 radical (unpaired) electrons. The largest absolute Gasteiger partial charge is 0.372 e. The van der Waals surface area contributed by atoms with E-state index < -0.39 is 5.82 Å². The third-order valence-electron chi connectivity index (χ3n) is 1.89. The van der Waals surface area contributed by atoms with E-state index >= 15 is 0 Å². The number of fused-ring (bicyclic) bond motifs is 1. The van der Waals surface area contributed by atoms with Crippen molar-refractivity contribution < 1.29 is 4.39 Å². The van der Waals surface area contributed by atoms with Gasteiger partial charge in [-0.25, -0.2) is 14.4 Å². The fourth-order valence-corrected chi connectivity index (χ4v) is 1.45. The van der Waals surface area contributed by atoms with Crippen LogP contribution in [-0.2, 0) is 0 Å². The maximum Gasteiger partial charge on any atom is 0.225 e. The summed E-state index contributed by atoms with van der Waals surface area (Å²) < 4.78 is 13.3. The van der Waals surface area contributed by atoms with E-state index in [1.807, 2.05) is 0 Å². The van der Waals surface area contributed by atoms with E-state index in [0.717, 1.165) is 0 Å². The molecule has 72 valence electrons. The van der Waals surface area contributed by atoms with E-state index in [1.54, 1.807) is 19.2 Å². The summed E-state index contributed by atoms with van der Waals surface area (Å²) in [7, 11) is 1.70. The van der Waals surface area contributed by atoms with Crippen LogP contribution < -0.4 is 5.32 Å². The topological polar surface area (TPSA) is 37.8 Å². The molecule has 0 saturated carbocycles. The fraction of sp³-hybridized carbons (Fsp3) is 0.111. The van der Waals surface area contributed by atoms with Gasteiger partial charge < -0.3 is 5.32 Å². The lowest BCUT2D eigenvalue weighted by Gasteiger charge is -2.04. The minimum absolute atomic E-state index is 0.0342. The first kappa shape index (κ1) is 9.15. The van der Waals surface area contributed by atoms with Gasteiger partial charge in [0.25, 0.3) is 0 Å². The smallest absolute Gasteiger partial charge is 0.225 e. The number of halogens is 2. The maximum absolute atomic E-state index is 13.3. The van der Waals surface area contributed by atoms with Crippen LogP contribution in [0.2, 0.25) is 5.28 Å². The number of nitrogens with zero attached hydrogens (tertiary/aromatic N) is 2. The molecule has 0 atom stereocenters. The van der Waals surface area contributed by atoms with Crippen LogP contribution in [-0.4, -0.2) is 17.0 Å². The van der Waals surface area contributed by atoms with Gasteiger partial charge in [0.05, 0.1) is 0 Å². The van der Waals surface area contributed by atoms with Crippen LogP contribution in [0.3, 0.4) is 0 Å². The fourth-order valence-electron chi connectivity index (χ4n) is 1.28. The summed E-state index contributed by atoms with van der Waals surface area (Å²) in [5, 5.41) is 3.49. The highest BCUT2D eigenvalue weighted by Gasteiger charge is 2.08. The van der Waals surface area contributed by atoms with Crippen molar-refractivity contribution >= 4 is 28.3 Å². The van der Waals surface area contributed by atoms with E-state index in [-0.39, 0.29) is 10.8 Å². The second-order valence-corrected chi connectivity index (χ2v) is 3.07. The Bertz CT molecular complexity index is 487. The summed E-state index contributed by atoms with van der Waals surface area (Å²) in [5.74, 6) is 0.128. The molecule has 1 heterocycles. The molecule has 0 amide bonds. The Morgan fingerprint density at radius 3 is 2.86 bits per heavy atom. The zero-order valence-corrected chi connectivity index (χ0v) is 8.14. The average Bonchev–Trinajstić information content (AvgIpc) is 2.18. The third kappa shape index (κ3) is 1.37. The van der Waals surface area contributed by atoms with Gasteiger partial charge in [0.2, 0.25) is 5.28 Å². The molecule has 0 fully saturated rings. The van der Waals surface area contributed by atoms with Gasteiger partial charge in [-0.05, 0) is 23.7 Å². The van der Waals surface area contributed by atoms with Crippen LogP contribution in [0.5, 0.6) is 0 Å². The highest BCUT2D eigenvalue weighted by molar-refractivity contribution is 6.28. The van der Waals surface area contributed by atoms with E-state index in [9.17, 15) is 4.39 Å². The molecule has 5 heteroatoms. The molecule has 1 aromatic heterocycles. The first-order valence-electron chi connectivity index (χ1n) is 4.02. The van der Waals surface area contributed by atoms with Gasteiger partial charge in [-0.15, -0.1) is 0 Å². The second-order valence-electron chi connectivity index (χ2n) is 2.73. The molecule has 2 rings (SSSR count). The van der Waals surface area contributed by atoms with Gasteiger partial charge in [-0.1, -0.05) is 6.07 Å². The summed E-state index contributed by atoms with van der Waals surface area (Å²) in [6, 6.07) is 4.68. The van der Waals surface area contributed by atoms with Crippen molar-refractivity contribution in [1.29, 1.82) is 0 Å². The Kier molecular flexibility index (Phi) is 2.21. The minimum atomic E-state index is -0.400.